The molecule has 1 N–H and O–H groups in total. The van der Waals surface area contributed by atoms with Crippen molar-refractivity contribution in [1.82, 2.24) is 9.88 Å². The normalized spacial score (nSPS) is 17.2. The van der Waals surface area contributed by atoms with Crippen LogP contribution in [0.2, 0.25) is 0 Å². The van der Waals surface area contributed by atoms with Crippen molar-refractivity contribution >= 4 is 23.1 Å². The van der Waals surface area contributed by atoms with Gasteiger partial charge in [0.25, 0.3) is 17.4 Å². The lowest BCUT2D eigenvalue weighted by atomic mass is 9.95. The van der Waals surface area contributed by atoms with Gasteiger partial charge in [0.1, 0.15) is 11.5 Å². The highest BCUT2D eigenvalue weighted by Crippen LogP contribution is 2.41. The number of aromatic nitrogens is 1. The largest absolute Gasteiger partial charge is 0.507 e. The minimum Gasteiger partial charge on any atom is -0.507 e. The van der Waals surface area contributed by atoms with Gasteiger partial charge in [-0.2, -0.15) is 0 Å². The first-order valence-corrected chi connectivity index (χ1v) is 9.97. The Morgan fingerprint density at radius 2 is 1.94 bits per heavy atom. The number of carbonyl (C=O) groups is 2. The van der Waals surface area contributed by atoms with Gasteiger partial charge in [0, 0.05) is 36.6 Å². The molecule has 0 aliphatic carbocycles. The molecule has 1 atom stereocenters. The molecule has 2 heterocycles. The number of nitrogens with zero attached hydrogens (tertiary/aromatic N) is 3. The maximum atomic E-state index is 13.1. The Hall–Kier alpha value is -4.53. The SMILES string of the molecule is COc1cccc(C(O)=C2C(=O)C(=O)N(Cc3cccnc3)[C@@H]2c2cccc([N+](=O)[O-])c2)c1. The number of carbonyl (C=O) groups excluding carboxylic acids is 2. The quantitative estimate of drug-likeness (QED) is 0.202. The summed E-state index contributed by atoms with van der Waals surface area (Å²) < 4.78 is 5.19. The Labute approximate surface area is 188 Å². The fraction of sp³-hybridized carbons (Fsp3) is 0.125. The molecule has 1 saturated heterocycles. The monoisotopic (exact) mass is 445 g/mol. The number of pyridine rings is 1. The van der Waals surface area contributed by atoms with Crippen LogP contribution in [0.1, 0.15) is 22.7 Å². The van der Waals surface area contributed by atoms with Crippen LogP contribution in [0.3, 0.4) is 0 Å². The highest BCUT2D eigenvalue weighted by Gasteiger charge is 2.46. The maximum absolute atomic E-state index is 13.1. The highest BCUT2D eigenvalue weighted by atomic mass is 16.6. The van der Waals surface area contributed by atoms with Gasteiger partial charge in [-0.15, -0.1) is 0 Å². The number of hydrogen-bond acceptors (Lipinski definition) is 7. The molecule has 1 aliphatic rings. The van der Waals surface area contributed by atoms with Crippen LogP contribution in [0, 0.1) is 10.1 Å². The minimum atomic E-state index is -1.03. The number of likely N-dealkylation sites (tertiary alicyclic amines) is 1. The van der Waals surface area contributed by atoms with E-state index in [4.69, 9.17) is 4.74 Å². The van der Waals surface area contributed by atoms with Crippen LogP contribution in [-0.4, -0.2) is 38.7 Å². The number of rotatable bonds is 6. The van der Waals surface area contributed by atoms with E-state index in [1.807, 2.05) is 0 Å². The van der Waals surface area contributed by atoms with Crippen molar-refractivity contribution in [1.29, 1.82) is 0 Å². The maximum Gasteiger partial charge on any atom is 0.295 e. The Balaban J connectivity index is 1.90. The molecular formula is C24H19N3O6. The summed E-state index contributed by atoms with van der Waals surface area (Å²) in [6, 6.07) is 14.5. The fourth-order valence-corrected chi connectivity index (χ4v) is 3.81. The Kier molecular flexibility index (Phi) is 5.86. The standard InChI is InChI=1S/C24H19N3O6/c1-33-19-9-3-7-17(12-19)22(28)20-21(16-6-2-8-18(11-16)27(31)32)26(24(30)23(20)29)14-15-5-4-10-25-13-15/h2-13,21,28H,14H2,1H3/t21-/m1/s1. The van der Waals surface area contributed by atoms with Gasteiger partial charge in [0.05, 0.1) is 23.6 Å². The number of methoxy groups -OCH3 is 1. The molecule has 0 bridgehead atoms. The lowest BCUT2D eigenvalue weighted by molar-refractivity contribution is -0.384. The molecule has 1 amide bonds. The number of ketones is 1. The van der Waals surface area contributed by atoms with E-state index in [0.29, 0.717) is 16.9 Å². The van der Waals surface area contributed by atoms with E-state index in [-0.39, 0.29) is 23.4 Å². The number of non-ortho nitro benzene ring substituents is 1. The van der Waals surface area contributed by atoms with Gasteiger partial charge in [0.15, 0.2) is 0 Å². The van der Waals surface area contributed by atoms with Crippen molar-refractivity contribution in [3.8, 4) is 5.75 Å². The van der Waals surface area contributed by atoms with Gasteiger partial charge in [0.2, 0.25) is 0 Å². The molecule has 0 spiro atoms. The van der Waals surface area contributed by atoms with Crippen LogP contribution < -0.4 is 4.74 Å². The molecule has 2 aromatic carbocycles. The van der Waals surface area contributed by atoms with Gasteiger partial charge < -0.3 is 14.7 Å². The summed E-state index contributed by atoms with van der Waals surface area (Å²) >= 11 is 0. The smallest absolute Gasteiger partial charge is 0.295 e. The van der Waals surface area contributed by atoms with Crippen molar-refractivity contribution in [2.24, 2.45) is 0 Å². The van der Waals surface area contributed by atoms with Gasteiger partial charge in [-0.1, -0.05) is 30.3 Å². The van der Waals surface area contributed by atoms with Crippen molar-refractivity contribution in [3.63, 3.8) is 0 Å². The summed E-state index contributed by atoms with van der Waals surface area (Å²) in [6.45, 7) is 0.0284. The van der Waals surface area contributed by atoms with E-state index in [9.17, 15) is 24.8 Å². The predicted octanol–water partition coefficient (Wildman–Crippen LogP) is 3.62. The van der Waals surface area contributed by atoms with Crippen molar-refractivity contribution in [3.05, 3.63) is 105 Å². The minimum absolute atomic E-state index is 0.0284. The second kappa shape index (κ2) is 8.91. The molecule has 166 valence electrons. The summed E-state index contributed by atoms with van der Waals surface area (Å²) in [7, 11) is 1.47. The summed E-state index contributed by atoms with van der Waals surface area (Å²) in [5, 5.41) is 22.5. The lowest BCUT2D eigenvalue weighted by Crippen LogP contribution is -2.29. The number of aliphatic hydroxyl groups is 1. The topological polar surface area (TPSA) is 123 Å². The zero-order valence-electron chi connectivity index (χ0n) is 17.5. The van der Waals surface area contributed by atoms with Crippen LogP contribution in [-0.2, 0) is 16.1 Å². The average molecular weight is 445 g/mol. The van der Waals surface area contributed by atoms with Crippen LogP contribution in [0.25, 0.3) is 5.76 Å². The van der Waals surface area contributed by atoms with E-state index >= 15 is 0 Å². The second-order valence-electron chi connectivity index (χ2n) is 7.37. The van der Waals surface area contributed by atoms with Gasteiger partial charge in [-0.3, -0.25) is 24.7 Å². The van der Waals surface area contributed by atoms with Crippen molar-refractivity contribution in [2.45, 2.75) is 12.6 Å². The first-order valence-electron chi connectivity index (χ1n) is 9.97. The Morgan fingerprint density at radius 1 is 1.15 bits per heavy atom. The third kappa shape index (κ3) is 4.16. The third-order valence-electron chi connectivity index (χ3n) is 5.36. The number of aliphatic hydroxyl groups excluding tert-OH is 1. The zero-order chi connectivity index (χ0) is 23.5. The molecule has 1 aliphatic heterocycles. The summed E-state index contributed by atoms with van der Waals surface area (Å²) in [5.41, 5.74) is 0.926. The van der Waals surface area contributed by atoms with Gasteiger partial charge in [-0.25, -0.2) is 0 Å². The fourth-order valence-electron chi connectivity index (χ4n) is 3.81. The average Bonchev–Trinajstić information content (AvgIpc) is 3.09. The van der Waals surface area contributed by atoms with E-state index in [1.54, 1.807) is 48.8 Å². The molecule has 1 fully saturated rings. The molecule has 3 aromatic rings. The van der Waals surface area contributed by atoms with E-state index in [2.05, 4.69) is 4.98 Å². The molecule has 0 unspecified atom stereocenters. The highest BCUT2D eigenvalue weighted by molar-refractivity contribution is 6.46. The van der Waals surface area contributed by atoms with Gasteiger partial charge in [-0.05, 0) is 29.3 Å². The molecule has 4 rings (SSSR count). The van der Waals surface area contributed by atoms with Crippen LogP contribution >= 0.6 is 0 Å². The number of hydrogen-bond donors (Lipinski definition) is 1. The first kappa shape index (κ1) is 21.7. The van der Waals surface area contributed by atoms with E-state index in [1.165, 1.54) is 36.3 Å². The van der Waals surface area contributed by atoms with Crippen LogP contribution in [0.15, 0.2) is 78.6 Å². The van der Waals surface area contributed by atoms with Crippen molar-refractivity contribution < 1.29 is 24.4 Å². The lowest BCUT2D eigenvalue weighted by Gasteiger charge is -2.25. The predicted molar refractivity (Wildman–Crippen MR) is 118 cm³/mol. The molecular weight excluding hydrogens is 426 g/mol. The van der Waals surface area contributed by atoms with E-state index in [0.717, 1.165) is 0 Å². The van der Waals surface area contributed by atoms with Gasteiger partial charge >= 0.3 is 0 Å². The number of Topliss-reactive ketones (excluding diaryl/α,β-unsaturated/α-hetero) is 1. The zero-order valence-corrected chi connectivity index (χ0v) is 17.5. The number of amides is 1. The number of ether oxygens (including phenoxy) is 1. The molecule has 9 nitrogen and oxygen atoms in total. The molecule has 0 saturated carbocycles. The summed E-state index contributed by atoms with van der Waals surface area (Å²) in [5.74, 6) is -1.64. The Morgan fingerprint density at radius 3 is 2.64 bits per heavy atom. The van der Waals surface area contributed by atoms with Crippen molar-refractivity contribution in [2.75, 3.05) is 7.11 Å². The van der Waals surface area contributed by atoms with Crippen LogP contribution in [0.5, 0.6) is 5.75 Å². The molecule has 33 heavy (non-hydrogen) atoms. The summed E-state index contributed by atoms with van der Waals surface area (Å²) in [6.07, 6.45) is 3.14. The Bertz CT molecular complexity index is 1270. The number of benzene rings is 2. The molecule has 1 aromatic heterocycles. The molecule has 0 radical (unpaired) electrons. The third-order valence-corrected chi connectivity index (χ3v) is 5.36. The molecule has 9 heteroatoms. The first-order chi connectivity index (χ1) is 15.9. The number of nitro benzene ring substituents is 1. The number of nitro groups is 1. The van der Waals surface area contributed by atoms with Crippen LogP contribution in [0.4, 0.5) is 5.69 Å². The van der Waals surface area contributed by atoms with E-state index < -0.39 is 28.4 Å². The summed E-state index contributed by atoms with van der Waals surface area (Å²) in [4.78, 5) is 42.2. The second-order valence-corrected chi connectivity index (χ2v) is 7.37.